The van der Waals surface area contributed by atoms with E-state index in [0.29, 0.717) is 31.9 Å². The van der Waals surface area contributed by atoms with Gasteiger partial charge in [-0.2, -0.15) is 0 Å². The Morgan fingerprint density at radius 2 is 1.79 bits per heavy atom. The fourth-order valence-electron chi connectivity index (χ4n) is 2.57. The minimum atomic E-state index is -0.448. The van der Waals surface area contributed by atoms with Crippen LogP contribution < -0.4 is 4.90 Å². The first-order chi connectivity index (χ1) is 11.6. The maximum Gasteiger partial charge on any atom is 0.362 e. The van der Waals surface area contributed by atoms with E-state index in [1.165, 1.54) is 18.2 Å². The fourth-order valence-corrected chi connectivity index (χ4v) is 2.57. The molecular weight excluding hydrogens is 311 g/mol. The van der Waals surface area contributed by atoms with Gasteiger partial charge in [0.25, 0.3) is 0 Å². The molecule has 24 heavy (non-hydrogen) atoms. The summed E-state index contributed by atoms with van der Waals surface area (Å²) in [5.74, 6) is -0.196. The third-order valence-electron chi connectivity index (χ3n) is 3.83. The summed E-state index contributed by atoms with van der Waals surface area (Å²) >= 11 is 0. The summed E-state index contributed by atoms with van der Waals surface area (Å²) in [5, 5.41) is 17.3. The number of benzene rings is 2. The lowest BCUT2D eigenvalue weighted by molar-refractivity contribution is 0.203. The number of hydrogen-bond donors (Lipinski definition) is 1. The highest BCUT2D eigenvalue weighted by molar-refractivity contribution is 5.75. The largest absolute Gasteiger partial charge is 0.506 e. The average Bonchev–Trinajstić information content (AvgIpc) is 2.60. The quantitative estimate of drug-likeness (QED) is 0.857. The fraction of sp³-hybridized carbons (Fsp3) is 0.235. The molecule has 0 spiro atoms. The summed E-state index contributed by atoms with van der Waals surface area (Å²) in [6.45, 7) is 2.16. The Morgan fingerprint density at radius 1 is 1.04 bits per heavy atom. The van der Waals surface area contributed by atoms with Gasteiger partial charge in [-0.15, -0.1) is 5.11 Å². The number of carbonyl (C=O) groups is 1. The molecule has 0 unspecified atom stereocenters. The highest BCUT2D eigenvalue weighted by Gasteiger charge is 2.22. The van der Waals surface area contributed by atoms with Crippen LogP contribution >= 0.6 is 0 Å². The van der Waals surface area contributed by atoms with Crippen molar-refractivity contribution in [2.45, 2.75) is 0 Å². The molecule has 1 saturated heterocycles. The molecule has 0 radical (unpaired) electrons. The lowest BCUT2D eigenvalue weighted by Crippen LogP contribution is -2.47. The number of urea groups is 1. The van der Waals surface area contributed by atoms with Crippen LogP contribution in [0.5, 0.6) is 5.75 Å². The van der Waals surface area contributed by atoms with E-state index < -0.39 is 11.8 Å². The van der Waals surface area contributed by atoms with Crippen molar-refractivity contribution in [1.29, 1.82) is 0 Å². The van der Waals surface area contributed by atoms with Crippen LogP contribution in [-0.4, -0.2) is 42.2 Å². The van der Waals surface area contributed by atoms with Gasteiger partial charge in [0.15, 0.2) is 0 Å². The van der Waals surface area contributed by atoms with Crippen molar-refractivity contribution in [1.82, 2.24) is 4.90 Å². The van der Waals surface area contributed by atoms with Crippen molar-refractivity contribution in [3.63, 3.8) is 0 Å². The number of hydrogen-bond acceptors (Lipinski definition) is 4. The second kappa shape index (κ2) is 7.08. The van der Waals surface area contributed by atoms with Crippen LogP contribution in [-0.2, 0) is 0 Å². The van der Waals surface area contributed by atoms with Crippen LogP contribution in [0.2, 0.25) is 0 Å². The van der Waals surface area contributed by atoms with E-state index in [9.17, 15) is 14.3 Å². The minimum Gasteiger partial charge on any atom is -0.506 e. The highest BCUT2D eigenvalue weighted by Crippen LogP contribution is 2.27. The van der Waals surface area contributed by atoms with E-state index in [2.05, 4.69) is 10.2 Å². The predicted octanol–water partition coefficient (Wildman–Crippen LogP) is 3.56. The summed E-state index contributed by atoms with van der Waals surface area (Å²) in [4.78, 5) is 15.7. The van der Waals surface area contributed by atoms with Gasteiger partial charge in [0, 0.05) is 32.2 Å². The van der Waals surface area contributed by atoms with E-state index >= 15 is 0 Å². The first kappa shape index (κ1) is 15.9. The maximum atomic E-state index is 13.1. The van der Waals surface area contributed by atoms with Gasteiger partial charge in [-0.05, 0) is 24.3 Å². The number of amides is 2. The Labute approximate surface area is 138 Å². The summed E-state index contributed by atoms with van der Waals surface area (Å²) in [7, 11) is 0. The molecule has 0 atom stereocenters. The van der Waals surface area contributed by atoms with Crippen LogP contribution in [0.1, 0.15) is 0 Å². The van der Waals surface area contributed by atoms with Gasteiger partial charge in [-0.3, -0.25) is 0 Å². The Bertz CT molecular complexity index is 758. The second-order valence-corrected chi connectivity index (χ2v) is 5.43. The van der Waals surface area contributed by atoms with Gasteiger partial charge in [-0.25, -0.2) is 9.18 Å². The lowest BCUT2D eigenvalue weighted by Gasteiger charge is -2.35. The molecule has 2 amide bonds. The first-order valence-corrected chi connectivity index (χ1v) is 7.62. The van der Waals surface area contributed by atoms with Crippen molar-refractivity contribution >= 4 is 17.4 Å². The zero-order chi connectivity index (χ0) is 16.9. The molecule has 0 bridgehead atoms. The van der Waals surface area contributed by atoms with Gasteiger partial charge in [0.2, 0.25) is 0 Å². The molecule has 1 aliphatic heterocycles. The average molecular weight is 328 g/mol. The zero-order valence-electron chi connectivity index (χ0n) is 13.0. The number of aromatic hydroxyl groups is 1. The SMILES string of the molecule is O=C(N=Nc1cccc(F)c1)N1CCN(c2ccccc2O)CC1. The molecule has 1 heterocycles. The van der Waals surface area contributed by atoms with E-state index in [-0.39, 0.29) is 5.75 Å². The molecule has 0 aliphatic carbocycles. The van der Waals surface area contributed by atoms with Crippen molar-refractivity contribution in [3.05, 3.63) is 54.3 Å². The Hall–Kier alpha value is -2.96. The van der Waals surface area contributed by atoms with Crippen molar-refractivity contribution in [2.24, 2.45) is 10.2 Å². The van der Waals surface area contributed by atoms with Crippen LogP contribution in [0.3, 0.4) is 0 Å². The topological polar surface area (TPSA) is 68.5 Å². The van der Waals surface area contributed by atoms with E-state index in [1.54, 1.807) is 23.1 Å². The lowest BCUT2D eigenvalue weighted by atomic mass is 10.2. The van der Waals surface area contributed by atoms with Gasteiger partial charge in [0.05, 0.1) is 11.4 Å². The number of rotatable bonds is 2. The number of anilines is 1. The number of phenolic OH excluding ortho intramolecular Hbond substituents is 1. The second-order valence-electron chi connectivity index (χ2n) is 5.43. The summed E-state index contributed by atoms with van der Waals surface area (Å²) < 4.78 is 13.1. The van der Waals surface area contributed by atoms with Gasteiger partial charge in [0.1, 0.15) is 11.6 Å². The molecule has 3 rings (SSSR count). The third-order valence-corrected chi connectivity index (χ3v) is 3.83. The molecule has 2 aromatic carbocycles. The molecule has 1 fully saturated rings. The standard InChI is InChI=1S/C17H17FN4O2/c18-13-4-3-5-14(12-13)19-20-17(24)22-10-8-21(9-11-22)15-6-1-2-7-16(15)23/h1-7,12,23H,8-11H2. The highest BCUT2D eigenvalue weighted by atomic mass is 19.1. The van der Waals surface area contributed by atoms with Crippen molar-refractivity contribution in [3.8, 4) is 5.75 Å². The molecule has 2 aromatic rings. The Balaban J connectivity index is 1.58. The van der Waals surface area contributed by atoms with Crippen LogP contribution in [0.25, 0.3) is 0 Å². The van der Waals surface area contributed by atoms with E-state index in [4.69, 9.17) is 0 Å². The maximum absolute atomic E-state index is 13.1. The number of halogens is 1. The smallest absolute Gasteiger partial charge is 0.362 e. The van der Waals surface area contributed by atoms with Crippen LogP contribution in [0, 0.1) is 5.82 Å². The van der Waals surface area contributed by atoms with Gasteiger partial charge < -0.3 is 14.9 Å². The van der Waals surface area contributed by atoms with E-state index in [0.717, 1.165) is 5.69 Å². The van der Waals surface area contributed by atoms with E-state index in [1.807, 2.05) is 17.0 Å². The number of para-hydroxylation sites is 2. The number of phenols is 1. The summed E-state index contributed by atoms with van der Waals surface area (Å²) in [6.07, 6.45) is 0. The number of nitrogens with zero attached hydrogens (tertiary/aromatic N) is 4. The number of piperazine rings is 1. The summed E-state index contributed by atoms with van der Waals surface area (Å²) in [5.41, 5.74) is 1.06. The van der Waals surface area contributed by atoms with Crippen molar-refractivity contribution < 1.29 is 14.3 Å². The molecule has 124 valence electrons. The molecule has 0 saturated carbocycles. The molecule has 1 N–H and O–H groups in total. The first-order valence-electron chi connectivity index (χ1n) is 7.62. The van der Waals surface area contributed by atoms with Gasteiger partial charge in [-0.1, -0.05) is 23.3 Å². The Kier molecular flexibility index (Phi) is 4.69. The van der Waals surface area contributed by atoms with Crippen molar-refractivity contribution in [2.75, 3.05) is 31.1 Å². The van der Waals surface area contributed by atoms with Gasteiger partial charge >= 0.3 is 6.03 Å². The van der Waals surface area contributed by atoms with Crippen LogP contribution in [0.15, 0.2) is 58.8 Å². The molecule has 7 heteroatoms. The number of carbonyl (C=O) groups excluding carboxylic acids is 1. The minimum absolute atomic E-state index is 0.225. The normalized spacial score (nSPS) is 15.0. The molecular formula is C17H17FN4O2. The molecule has 6 nitrogen and oxygen atoms in total. The Morgan fingerprint density at radius 3 is 2.50 bits per heavy atom. The molecule has 1 aliphatic rings. The molecule has 0 aromatic heterocycles. The van der Waals surface area contributed by atoms with Crippen LogP contribution in [0.4, 0.5) is 20.6 Å². The monoisotopic (exact) mass is 328 g/mol. The summed E-state index contributed by atoms with van der Waals surface area (Å²) in [6, 6.07) is 12.3. The third kappa shape index (κ3) is 3.68. The zero-order valence-corrected chi connectivity index (χ0v) is 13.0. The number of azo groups is 1. The predicted molar refractivity (Wildman–Crippen MR) is 88.2 cm³/mol.